The van der Waals surface area contributed by atoms with E-state index < -0.39 is 10.0 Å². The first-order valence-electron chi connectivity index (χ1n) is 13.0. The van der Waals surface area contributed by atoms with Gasteiger partial charge in [0.1, 0.15) is 11.3 Å². The van der Waals surface area contributed by atoms with Crippen molar-refractivity contribution < 1.29 is 8.42 Å². The summed E-state index contributed by atoms with van der Waals surface area (Å²) in [6.07, 6.45) is 1.67. The van der Waals surface area contributed by atoms with E-state index in [1.165, 1.54) is 4.31 Å². The topological polar surface area (TPSA) is 110 Å². The number of hydrogen-bond donors (Lipinski definition) is 1. The Balaban J connectivity index is 1.34. The Morgan fingerprint density at radius 1 is 0.875 bits per heavy atom. The zero-order chi connectivity index (χ0) is 27.7. The molecule has 9 nitrogen and oxygen atoms in total. The molecule has 0 unspecified atom stereocenters. The quantitative estimate of drug-likeness (QED) is 0.321. The largest absolute Gasteiger partial charge is 0.383 e. The number of aromatic nitrogens is 4. The number of piperazine rings is 1. The maximum atomic E-state index is 12.1. The highest BCUT2D eigenvalue weighted by Crippen LogP contribution is 2.32. The number of sulfonamides is 1. The monoisotopic (exact) mass is 551 g/mol. The summed E-state index contributed by atoms with van der Waals surface area (Å²) in [4.78, 5) is 16.5. The summed E-state index contributed by atoms with van der Waals surface area (Å²) >= 11 is 0. The number of imidazole rings is 1. The molecule has 1 aliphatic heterocycles. The second kappa shape index (κ2) is 10.6. The fourth-order valence-corrected chi connectivity index (χ4v) is 5.90. The van der Waals surface area contributed by atoms with Gasteiger partial charge in [0.15, 0.2) is 11.5 Å². The van der Waals surface area contributed by atoms with Crippen LogP contribution in [0.3, 0.4) is 0 Å². The fourth-order valence-electron chi connectivity index (χ4n) is 5.01. The summed E-state index contributed by atoms with van der Waals surface area (Å²) in [7, 11) is -3.37. The van der Waals surface area contributed by atoms with Crippen LogP contribution in [0.25, 0.3) is 39.5 Å². The number of nitrogen functional groups attached to an aromatic ring is 1. The molecule has 0 atom stereocenters. The van der Waals surface area contributed by atoms with Crippen molar-refractivity contribution in [3.8, 4) is 28.3 Å². The molecule has 2 N–H and O–H groups in total. The van der Waals surface area contributed by atoms with E-state index in [0.717, 1.165) is 51.2 Å². The van der Waals surface area contributed by atoms with Crippen molar-refractivity contribution in [3.63, 3.8) is 0 Å². The average molecular weight is 552 g/mol. The third kappa shape index (κ3) is 5.00. The molecule has 0 aliphatic carbocycles. The van der Waals surface area contributed by atoms with Crippen molar-refractivity contribution in [1.82, 2.24) is 28.7 Å². The summed E-state index contributed by atoms with van der Waals surface area (Å²) in [6.45, 7) is 6.40. The predicted octanol–water partition coefficient (Wildman–Crippen LogP) is 4.32. The summed E-state index contributed by atoms with van der Waals surface area (Å²) in [5.41, 5.74) is 12.4. The summed E-state index contributed by atoms with van der Waals surface area (Å²) in [5, 5.41) is 1.02. The first-order valence-corrected chi connectivity index (χ1v) is 14.5. The molecule has 0 spiro atoms. The van der Waals surface area contributed by atoms with Crippen LogP contribution < -0.4 is 5.73 Å². The molecule has 5 aromatic rings. The molecule has 0 amide bonds. The molecule has 4 heterocycles. The number of nitrogens with two attached hydrogens (primary N) is 1. The SMILES string of the molecule is C=CS(=O)(=O)N1CCN(Cc2ccc(-n3c(-c4cccnc4N)nc4ccc(-c5ccccc5)nc43)cc2)CC1. The molecule has 1 saturated heterocycles. The van der Waals surface area contributed by atoms with Crippen LogP contribution in [-0.4, -0.2) is 63.3 Å². The zero-order valence-corrected chi connectivity index (χ0v) is 22.7. The molecule has 3 aromatic heterocycles. The predicted molar refractivity (Wildman–Crippen MR) is 158 cm³/mol. The van der Waals surface area contributed by atoms with Gasteiger partial charge in [-0.05, 0) is 42.0 Å². The average Bonchev–Trinajstić information content (AvgIpc) is 3.37. The van der Waals surface area contributed by atoms with E-state index in [2.05, 4.69) is 40.7 Å². The summed E-state index contributed by atoms with van der Waals surface area (Å²) < 4.78 is 27.7. The van der Waals surface area contributed by atoms with Crippen molar-refractivity contribution >= 4 is 27.0 Å². The first kappa shape index (κ1) is 25.9. The summed E-state index contributed by atoms with van der Waals surface area (Å²) in [5.74, 6) is 1.07. The van der Waals surface area contributed by atoms with E-state index in [4.69, 9.17) is 15.7 Å². The number of anilines is 1. The van der Waals surface area contributed by atoms with E-state index in [-0.39, 0.29) is 0 Å². The highest BCUT2D eigenvalue weighted by atomic mass is 32.2. The van der Waals surface area contributed by atoms with Gasteiger partial charge >= 0.3 is 0 Å². The third-order valence-corrected chi connectivity index (χ3v) is 8.66. The maximum absolute atomic E-state index is 12.1. The fraction of sp³-hybridized carbons (Fsp3) is 0.167. The molecule has 1 aliphatic rings. The van der Waals surface area contributed by atoms with Crippen LogP contribution in [0.5, 0.6) is 0 Å². The first-order chi connectivity index (χ1) is 19.4. The lowest BCUT2D eigenvalue weighted by Crippen LogP contribution is -2.47. The molecule has 0 saturated carbocycles. The highest BCUT2D eigenvalue weighted by Gasteiger charge is 2.25. The van der Waals surface area contributed by atoms with Gasteiger partial charge < -0.3 is 5.73 Å². The minimum atomic E-state index is -3.37. The molecule has 0 bridgehead atoms. The van der Waals surface area contributed by atoms with Crippen molar-refractivity contribution in [1.29, 1.82) is 0 Å². The lowest BCUT2D eigenvalue weighted by Gasteiger charge is -2.33. The van der Waals surface area contributed by atoms with Gasteiger partial charge in [0, 0.05) is 55.6 Å². The molecule has 10 heteroatoms. The van der Waals surface area contributed by atoms with E-state index in [0.29, 0.717) is 37.8 Å². The number of hydrogen-bond acceptors (Lipinski definition) is 7. The van der Waals surface area contributed by atoms with E-state index in [1.807, 2.05) is 59.2 Å². The summed E-state index contributed by atoms with van der Waals surface area (Å²) in [6, 6.07) is 26.1. The lowest BCUT2D eigenvalue weighted by molar-refractivity contribution is 0.182. The van der Waals surface area contributed by atoms with Crippen LogP contribution in [0.15, 0.2) is 97.0 Å². The van der Waals surface area contributed by atoms with E-state index >= 15 is 0 Å². The van der Waals surface area contributed by atoms with E-state index in [1.54, 1.807) is 6.20 Å². The Kier molecular flexibility index (Phi) is 6.89. The van der Waals surface area contributed by atoms with Crippen molar-refractivity contribution in [3.05, 3.63) is 103 Å². The minimum Gasteiger partial charge on any atom is -0.383 e. The molecule has 6 rings (SSSR count). The third-order valence-electron chi connectivity index (χ3n) is 7.16. The van der Waals surface area contributed by atoms with Gasteiger partial charge in [0.25, 0.3) is 0 Å². The van der Waals surface area contributed by atoms with Crippen molar-refractivity contribution in [2.24, 2.45) is 0 Å². The molecule has 202 valence electrons. The van der Waals surface area contributed by atoms with Gasteiger partial charge in [-0.25, -0.2) is 23.4 Å². The molecular formula is C30H29N7O2S. The smallest absolute Gasteiger partial charge is 0.235 e. The Bertz CT molecular complexity index is 1780. The van der Waals surface area contributed by atoms with Crippen LogP contribution in [0.1, 0.15) is 5.56 Å². The van der Waals surface area contributed by atoms with Gasteiger partial charge in [0.05, 0.1) is 11.3 Å². The second-order valence-corrected chi connectivity index (χ2v) is 11.5. The molecular weight excluding hydrogens is 522 g/mol. The van der Waals surface area contributed by atoms with E-state index in [9.17, 15) is 8.42 Å². The Labute approximate surface area is 233 Å². The number of benzene rings is 2. The molecule has 1 fully saturated rings. The number of nitrogens with zero attached hydrogens (tertiary/aromatic N) is 6. The standard InChI is InChI=1S/C30H29N7O2S/c1-2-40(38,39)36-19-17-35(18-20-36)21-22-10-12-24(13-11-22)37-29(25-9-6-16-32-28(25)31)34-27-15-14-26(33-30(27)37)23-7-4-3-5-8-23/h2-16H,1,17-21H2,(H2,31,32). The van der Waals surface area contributed by atoms with Gasteiger partial charge in [0.2, 0.25) is 10.0 Å². The van der Waals surface area contributed by atoms with Gasteiger partial charge in [-0.3, -0.25) is 9.47 Å². The van der Waals surface area contributed by atoms with Crippen molar-refractivity contribution in [2.75, 3.05) is 31.9 Å². The van der Waals surface area contributed by atoms with Crippen LogP contribution >= 0.6 is 0 Å². The highest BCUT2D eigenvalue weighted by molar-refractivity contribution is 7.92. The van der Waals surface area contributed by atoms with Gasteiger partial charge in [-0.2, -0.15) is 4.31 Å². The van der Waals surface area contributed by atoms with Gasteiger partial charge in [-0.15, -0.1) is 0 Å². The Morgan fingerprint density at radius 2 is 1.62 bits per heavy atom. The second-order valence-electron chi connectivity index (χ2n) is 9.67. The lowest BCUT2D eigenvalue weighted by atomic mass is 10.1. The Hall–Kier alpha value is -4.38. The molecule has 0 radical (unpaired) electrons. The minimum absolute atomic E-state index is 0.400. The molecule has 40 heavy (non-hydrogen) atoms. The zero-order valence-electron chi connectivity index (χ0n) is 21.9. The number of rotatable bonds is 7. The van der Waals surface area contributed by atoms with Crippen LogP contribution in [0, 0.1) is 0 Å². The van der Waals surface area contributed by atoms with Crippen LogP contribution in [0.4, 0.5) is 5.82 Å². The number of fused-ring (bicyclic) bond motifs is 1. The Morgan fingerprint density at radius 3 is 2.33 bits per heavy atom. The normalized spacial score (nSPS) is 14.9. The molecule has 2 aromatic carbocycles. The van der Waals surface area contributed by atoms with Gasteiger partial charge in [-0.1, -0.05) is 49.0 Å². The van der Waals surface area contributed by atoms with Crippen molar-refractivity contribution in [2.45, 2.75) is 6.54 Å². The number of pyridine rings is 2. The maximum Gasteiger partial charge on any atom is 0.235 e. The van der Waals surface area contributed by atoms with Crippen LogP contribution in [0.2, 0.25) is 0 Å². The van der Waals surface area contributed by atoms with Crippen LogP contribution in [-0.2, 0) is 16.6 Å².